The van der Waals surface area contributed by atoms with Gasteiger partial charge in [0.05, 0.1) is 4.90 Å². The number of rotatable bonds is 7. The van der Waals surface area contributed by atoms with E-state index in [4.69, 9.17) is 0 Å². The number of amides is 1. The van der Waals surface area contributed by atoms with Gasteiger partial charge in [-0.05, 0) is 32.0 Å². The van der Waals surface area contributed by atoms with E-state index >= 15 is 0 Å². The zero-order valence-corrected chi connectivity index (χ0v) is 15.8. The molecule has 8 nitrogen and oxygen atoms in total. The molecule has 2 aromatic rings. The lowest BCUT2D eigenvalue weighted by molar-refractivity contribution is 0.0802. The molecule has 0 unspecified atom stereocenters. The van der Waals surface area contributed by atoms with Gasteiger partial charge in [0, 0.05) is 43.9 Å². The third-order valence-electron chi connectivity index (χ3n) is 3.78. The van der Waals surface area contributed by atoms with Crippen molar-refractivity contribution in [3.63, 3.8) is 0 Å². The number of hydrogen-bond donors (Lipinski definition) is 2. The molecular formula is C17H22N4O4S. The van der Waals surface area contributed by atoms with Crippen LogP contribution in [0.2, 0.25) is 0 Å². The van der Waals surface area contributed by atoms with E-state index in [1.807, 2.05) is 6.92 Å². The van der Waals surface area contributed by atoms with Crippen molar-refractivity contribution in [2.24, 2.45) is 0 Å². The Hall–Kier alpha value is -2.52. The van der Waals surface area contributed by atoms with Crippen LogP contribution in [0.5, 0.6) is 0 Å². The molecule has 0 bridgehead atoms. The van der Waals surface area contributed by atoms with Crippen LogP contribution in [-0.4, -0.2) is 49.3 Å². The molecule has 0 aliphatic heterocycles. The molecule has 1 aromatic heterocycles. The van der Waals surface area contributed by atoms with Gasteiger partial charge in [0.1, 0.15) is 5.82 Å². The van der Waals surface area contributed by atoms with Crippen molar-refractivity contribution in [2.45, 2.75) is 25.2 Å². The van der Waals surface area contributed by atoms with Gasteiger partial charge in [0.25, 0.3) is 11.5 Å². The maximum absolute atomic E-state index is 12.4. The molecule has 1 aromatic carbocycles. The first-order valence-electron chi connectivity index (χ1n) is 8.15. The molecule has 1 heterocycles. The van der Waals surface area contributed by atoms with E-state index < -0.39 is 10.0 Å². The van der Waals surface area contributed by atoms with Gasteiger partial charge in [0.15, 0.2) is 0 Å². The first-order valence-corrected chi connectivity index (χ1v) is 9.63. The van der Waals surface area contributed by atoms with E-state index in [0.29, 0.717) is 23.6 Å². The van der Waals surface area contributed by atoms with Crippen LogP contribution < -0.4 is 10.3 Å². The van der Waals surface area contributed by atoms with E-state index in [1.165, 1.54) is 29.2 Å². The zero-order valence-electron chi connectivity index (χ0n) is 14.9. The Kier molecular flexibility index (Phi) is 6.27. The number of nitrogens with one attached hydrogen (secondary N) is 2. The fourth-order valence-electron chi connectivity index (χ4n) is 2.31. The molecule has 2 N–H and O–H groups in total. The number of nitrogens with zero attached hydrogens (tertiary/aromatic N) is 2. The summed E-state index contributed by atoms with van der Waals surface area (Å²) in [5.74, 6) is 0.164. The summed E-state index contributed by atoms with van der Waals surface area (Å²) in [7, 11) is -2.13. The van der Waals surface area contributed by atoms with Gasteiger partial charge in [-0.15, -0.1) is 0 Å². The monoisotopic (exact) mass is 378 g/mol. The molecule has 0 spiro atoms. The predicted octanol–water partition coefficient (Wildman–Crippen LogP) is 0.691. The smallest absolute Gasteiger partial charge is 0.253 e. The van der Waals surface area contributed by atoms with Gasteiger partial charge >= 0.3 is 0 Å². The number of benzene rings is 1. The van der Waals surface area contributed by atoms with Gasteiger partial charge in [0.2, 0.25) is 10.0 Å². The van der Waals surface area contributed by atoms with E-state index in [1.54, 1.807) is 20.0 Å². The highest BCUT2D eigenvalue weighted by atomic mass is 32.2. The Morgan fingerprint density at radius 2 is 2.04 bits per heavy atom. The molecular weight excluding hydrogens is 356 g/mol. The van der Waals surface area contributed by atoms with Crippen LogP contribution in [0.25, 0.3) is 0 Å². The van der Waals surface area contributed by atoms with Gasteiger partial charge in [-0.25, -0.2) is 18.1 Å². The molecule has 26 heavy (non-hydrogen) atoms. The topological polar surface area (TPSA) is 112 Å². The summed E-state index contributed by atoms with van der Waals surface area (Å²) in [5, 5.41) is 0. The van der Waals surface area contributed by atoms with Crippen LogP contribution in [0.3, 0.4) is 0 Å². The lowest BCUT2D eigenvalue weighted by Gasteiger charge is -2.15. The van der Waals surface area contributed by atoms with Crippen molar-refractivity contribution in [3.8, 4) is 0 Å². The molecule has 9 heteroatoms. The van der Waals surface area contributed by atoms with Gasteiger partial charge < -0.3 is 9.88 Å². The lowest BCUT2D eigenvalue weighted by Crippen LogP contribution is -2.28. The van der Waals surface area contributed by atoms with Crippen molar-refractivity contribution in [1.82, 2.24) is 19.6 Å². The number of carbonyl (C=O) groups is 1. The minimum atomic E-state index is -3.78. The molecule has 1 amide bonds. The van der Waals surface area contributed by atoms with Crippen molar-refractivity contribution < 1.29 is 13.2 Å². The van der Waals surface area contributed by atoms with Crippen molar-refractivity contribution in [2.75, 3.05) is 20.1 Å². The van der Waals surface area contributed by atoms with Crippen LogP contribution in [0, 0.1) is 6.92 Å². The van der Waals surface area contributed by atoms with E-state index in [9.17, 15) is 18.0 Å². The Bertz CT molecular complexity index is 953. The molecule has 0 fully saturated rings. The number of aromatic nitrogens is 2. The Labute approximate surface area is 152 Å². The van der Waals surface area contributed by atoms with Crippen LogP contribution in [-0.2, 0) is 16.4 Å². The number of hydrogen-bond acceptors (Lipinski definition) is 5. The lowest BCUT2D eigenvalue weighted by atomic mass is 10.2. The molecule has 140 valence electrons. The van der Waals surface area contributed by atoms with Crippen molar-refractivity contribution >= 4 is 15.9 Å². The summed E-state index contributed by atoms with van der Waals surface area (Å²) < 4.78 is 27.3. The van der Waals surface area contributed by atoms with Gasteiger partial charge in [-0.1, -0.05) is 6.07 Å². The van der Waals surface area contributed by atoms with E-state index in [0.717, 1.165) is 0 Å². The summed E-state index contributed by atoms with van der Waals surface area (Å²) in [6.07, 6.45) is 0.243. The third-order valence-corrected chi connectivity index (χ3v) is 5.24. The number of H-pyrrole nitrogens is 1. The van der Waals surface area contributed by atoms with Gasteiger partial charge in [-0.2, -0.15) is 0 Å². The maximum atomic E-state index is 12.4. The van der Waals surface area contributed by atoms with Crippen LogP contribution in [0.15, 0.2) is 40.0 Å². The summed E-state index contributed by atoms with van der Waals surface area (Å²) in [5.41, 5.74) is 0.599. The van der Waals surface area contributed by atoms with Gasteiger partial charge in [-0.3, -0.25) is 9.59 Å². The molecule has 0 radical (unpaired) electrons. The average molecular weight is 378 g/mol. The fourth-order valence-corrected chi connectivity index (χ4v) is 3.38. The van der Waals surface area contributed by atoms with E-state index in [-0.39, 0.29) is 29.3 Å². The molecule has 2 rings (SSSR count). The summed E-state index contributed by atoms with van der Waals surface area (Å²) in [6, 6.07) is 7.25. The van der Waals surface area contributed by atoms with Crippen molar-refractivity contribution in [1.29, 1.82) is 0 Å². The van der Waals surface area contributed by atoms with Crippen molar-refractivity contribution in [3.05, 3.63) is 57.8 Å². The molecule has 0 aliphatic carbocycles. The van der Waals surface area contributed by atoms with E-state index in [2.05, 4.69) is 14.7 Å². The highest BCUT2D eigenvalue weighted by Gasteiger charge is 2.17. The Morgan fingerprint density at radius 1 is 1.31 bits per heavy atom. The fraction of sp³-hybridized carbons (Fsp3) is 0.353. The Balaban J connectivity index is 2.10. The average Bonchev–Trinajstić information content (AvgIpc) is 2.59. The first kappa shape index (κ1) is 19.8. The zero-order chi connectivity index (χ0) is 19.3. The second-order valence-corrected chi connectivity index (χ2v) is 7.60. The number of carbonyl (C=O) groups excluding carboxylic acids is 1. The summed E-state index contributed by atoms with van der Waals surface area (Å²) in [6.45, 7) is 4.12. The van der Waals surface area contributed by atoms with Crippen LogP contribution >= 0.6 is 0 Å². The second kappa shape index (κ2) is 8.24. The molecule has 0 aliphatic rings. The highest BCUT2D eigenvalue weighted by Crippen LogP contribution is 2.13. The number of aryl methyl sites for hydroxylation is 1. The minimum absolute atomic E-state index is 0.0125. The van der Waals surface area contributed by atoms with Crippen LogP contribution in [0.4, 0.5) is 0 Å². The summed E-state index contributed by atoms with van der Waals surface area (Å²) in [4.78, 5) is 31.8. The molecule has 0 saturated heterocycles. The van der Waals surface area contributed by atoms with Crippen LogP contribution in [0.1, 0.15) is 28.8 Å². The predicted molar refractivity (Wildman–Crippen MR) is 97.6 cm³/mol. The minimum Gasteiger partial charge on any atom is -0.342 e. The Morgan fingerprint density at radius 3 is 2.69 bits per heavy atom. The maximum Gasteiger partial charge on any atom is 0.253 e. The number of sulfonamides is 1. The molecule has 0 atom stereocenters. The third kappa shape index (κ3) is 4.99. The highest BCUT2D eigenvalue weighted by molar-refractivity contribution is 7.89. The molecule has 0 saturated carbocycles. The quantitative estimate of drug-likeness (QED) is 0.736. The largest absolute Gasteiger partial charge is 0.342 e. The first-order chi connectivity index (χ1) is 12.2. The number of aromatic amines is 1. The summed E-state index contributed by atoms with van der Waals surface area (Å²) >= 11 is 0. The normalized spacial score (nSPS) is 11.3. The standard InChI is InChI=1S/C17H22N4O4S/c1-4-21(3)17(23)13-6-5-7-14(11-13)26(24,25)18-9-8-15-19-12(2)10-16(22)20-15/h5-7,10-11,18H,4,8-9H2,1-3H3,(H,19,20,22). The second-order valence-electron chi connectivity index (χ2n) is 5.83. The SMILES string of the molecule is CCN(C)C(=O)c1cccc(S(=O)(=O)NCCc2nc(C)cc(=O)[nH]2)c1.